The quantitative estimate of drug-likeness (QED) is 0.264. The van der Waals surface area contributed by atoms with Gasteiger partial charge in [-0.3, -0.25) is 0 Å². The van der Waals surface area contributed by atoms with E-state index in [2.05, 4.69) is 0 Å². The van der Waals surface area contributed by atoms with Crippen LogP contribution in [0.4, 0.5) is 0 Å². The molecule has 0 bridgehead atoms. The molecule has 0 fully saturated rings. The fourth-order valence-electron chi connectivity index (χ4n) is 0. The smallest absolute Gasteiger partial charge is 0.822 e. The van der Waals surface area contributed by atoms with Crippen LogP contribution in [0.1, 0.15) is 0 Å². The van der Waals surface area contributed by atoms with Crippen molar-refractivity contribution >= 4 is 7.82 Å². The molecule has 41 valence electrons. The van der Waals surface area contributed by atoms with Gasteiger partial charge in [-0.1, -0.05) is 0 Å². The average Bonchev–Trinajstić information content (AvgIpc) is 0.722. The third kappa shape index (κ3) is 131. The normalized spacial score (nSPS) is 8.43. The number of hydrogen-bond acceptors (Lipinski definition) is 4. The zero-order valence-corrected chi connectivity index (χ0v) is 5.22. The van der Waals surface area contributed by atoms with E-state index in [4.69, 9.17) is 19.2 Å². The Hall–Kier alpha value is 1.23. The monoisotopic (exact) mass is 165 g/mol. The molecule has 0 aromatic rings. The number of hydrogen-bond donors (Lipinski definition) is 0. The SMILES string of the molecule is O=P([O-])([O-])[O-].[Cu+2].[Li+]. The second-order valence-corrected chi connectivity index (χ2v) is 1.34. The molecule has 0 saturated heterocycles. The van der Waals surface area contributed by atoms with Gasteiger partial charge in [0.2, 0.25) is 0 Å². The summed E-state index contributed by atoms with van der Waals surface area (Å²) in [5, 5.41) is 0. The van der Waals surface area contributed by atoms with Crippen LogP contribution >= 0.6 is 7.82 Å². The van der Waals surface area contributed by atoms with E-state index in [-0.39, 0.29) is 35.9 Å². The maximum atomic E-state index is 8.55. The molecule has 0 rings (SSSR count). The van der Waals surface area contributed by atoms with Crippen LogP contribution in [0.15, 0.2) is 0 Å². The van der Waals surface area contributed by atoms with E-state index in [0.717, 1.165) is 0 Å². The molecule has 0 heterocycles. The first-order chi connectivity index (χ1) is 2.00. The molecule has 0 aliphatic rings. The van der Waals surface area contributed by atoms with Gasteiger partial charge < -0.3 is 19.2 Å². The summed E-state index contributed by atoms with van der Waals surface area (Å²) in [5.74, 6) is 0. The van der Waals surface area contributed by atoms with Gasteiger partial charge in [0.25, 0.3) is 0 Å². The van der Waals surface area contributed by atoms with Crippen molar-refractivity contribution in [3.8, 4) is 0 Å². The molecule has 0 spiro atoms. The number of rotatable bonds is 0. The first-order valence-corrected chi connectivity index (χ1v) is 2.19. The zero-order chi connectivity index (χ0) is 4.50. The Labute approximate surface area is 63.2 Å². The summed E-state index contributed by atoms with van der Waals surface area (Å²) in [4.78, 5) is 25.6. The van der Waals surface area contributed by atoms with Gasteiger partial charge in [0.15, 0.2) is 0 Å². The van der Waals surface area contributed by atoms with E-state index in [0.29, 0.717) is 0 Å². The van der Waals surface area contributed by atoms with Crippen molar-refractivity contribution in [3.05, 3.63) is 0 Å². The molecular weight excluding hydrogens is 165 g/mol. The van der Waals surface area contributed by atoms with Gasteiger partial charge in [-0.05, 0) is 0 Å². The summed E-state index contributed by atoms with van der Waals surface area (Å²) in [5.41, 5.74) is 0. The Morgan fingerprint density at radius 2 is 1.14 bits per heavy atom. The number of phosphoric acid groups is 1. The fourth-order valence-corrected chi connectivity index (χ4v) is 0. The summed E-state index contributed by atoms with van der Waals surface area (Å²) in [6.07, 6.45) is 0. The van der Waals surface area contributed by atoms with Gasteiger partial charge >= 0.3 is 35.9 Å². The standard InChI is InChI=1S/Cu.Li.H3O4P/c;;1-5(2,3)4/h;;(H3,1,2,3,4)/q+2;+1;/p-3. The zero-order valence-electron chi connectivity index (χ0n) is 3.38. The van der Waals surface area contributed by atoms with E-state index >= 15 is 0 Å². The summed E-state index contributed by atoms with van der Waals surface area (Å²) in [6.45, 7) is 0. The third-order valence-corrected chi connectivity index (χ3v) is 0. The third-order valence-electron chi connectivity index (χ3n) is 0. The Kier molecular flexibility index (Phi) is 12.1. The molecule has 1 radical (unpaired) electrons. The molecule has 0 aliphatic heterocycles. The molecule has 7 heavy (non-hydrogen) atoms. The van der Waals surface area contributed by atoms with E-state index in [9.17, 15) is 0 Å². The summed E-state index contributed by atoms with van der Waals surface area (Å²) in [7, 11) is -5.39. The van der Waals surface area contributed by atoms with Crippen molar-refractivity contribution < 1.29 is 55.2 Å². The van der Waals surface area contributed by atoms with Crippen LogP contribution in [0.3, 0.4) is 0 Å². The van der Waals surface area contributed by atoms with Crippen LogP contribution < -0.4 is 33.5 Å². The van der Waals surface area contributed by atoms with Crippen molar-refractivity contribution in [2.24, 2.45) is 0 Å². The minimum atomic E-state index is -5.39. The van der Waals surface area contributed by atoms with Gasteiger partial charge in [-0.15, -0.1) is 0 Å². The van der Waals surface area contributed by atoms with Gasteiger partial charge in [-0.2, -0.15) is 7.82 Å². The Morgan fingerprint density at radius 3 is 1.14 bits per heavy atom. The summed E-state index contributed by atoms with van der Waals surface area (Å²) >= 11 is 0. The van der Waals surface area contributed by atoms with E-state index in [1.165, 1.54) is 0 Å². The Morgan fingerprint density at radius 1 is 1.14 bits per heavy atom. The predicted molar refractivity (Wildman–Crippen MR) is 7.61 cm³/mol. The van der Waals surface area contributed by atoms with E-state index < -0.39 is 7.82 Å². The van der Waals surface area contributed by atoms with Crippen LogP contribution in [0.25, 0.3) is 0 Å². The van der Waals surface area contributed by atoms with Crippen LogP contribution in [0.5, 0.6) is 0 Å². The first-order valence-electron chi connectivity index (χ1n) is 0.730. The van der Waals surface area contributed by atoms with Crippen LogP contribution in [-0.4, -0.2) is 0 Å². The first kappa shape index (κ1) is 15.7. The molecule has 0 unspecified atom stereocenters. The minimum Gasteiger partial charge on any atom is -0.822 e. The molecule has 0 aromatic heterocycles. The molecule has 0 aliphatic carbocycles. The van der Waals surface area contributed by atoms with Gasteiger partial charge in [0.05, 0.1) is 0 Å². The topological polar surface area (TPSA) is 86.2 Å². The maximum Gasteiger partial charge on any atom is 2.00 e. The average molecular weight is 165 g/mol. The second kappa shape index (κ2) is 5.37. The van der Waals surface area contributed by atoms with Crippen molar-refractivity contribution in [1.29, 1.82) is 0 Å². The van der Waals surface area contributed by atoms with Crippen molar-refractivity contribution in [2.45, 2.75) is 0 Å². The molecule has 0 aromatic carbocycles. The molecule has 4 nitrogen and oxygen atoms in total. The summed E-state index contributed by atoms with van der Waals surface area (Å²) in [6, 6.07) is 0. The fraction of sp³-hybridized carbons (Fsp3) is 0. The predicted octanol–water partition coefficient (Wildman–Crippen LogP) is -5.82. The minimum absolute atomic E-state index is 0. The van der Waals surface area contributed by atoms with E-state index in [1.54, 1.807) is 0 Å². The van der Waals surface area contributed by atoms with Gasteiger partial charge in [-0.25, -0.2) is 0 Å². The molecular formula is CuLiO4P. The van der Waals surface area contributed by atoms with Crippen molar-refractivity contribution in [3.63, 3.8) is 0 Å². The van der Waals surface area contributed by atoms with Crippen LogP contribution in [0.2, 0.25) is 0 Å². The van der Waals surface area contributed by atoms with E-state index in [1.807, 2.05) is 0 Å². The second-order valence-electron chi connectivity index (χ2n) is 0.447. The Balaban J connectivity index is -0.0000000800. The van der Waals surface area contributed by atoms with Crippen molar-refractivity contribution in [1.82, 2.24) is 0 Å². The maximum absolute atomic E-state index is 8.55. The van der Waals surface area contributed by atoms with Crippen LogP contribution in [-0.2, 0) is 21.6 Å². The molecule has 0 saturated carbocycles. The summed E-state index contributed by atoms with van der Waals surface area (Å²) < 4.78 is 8.55. The molecule has 0 atom stereocenters. The van der Waals surface area contributed by atoms with Crippen molar-refractivity contribution in [2.75, 3.05) is 0 Å². The largest absolute Gasteiger partial charge is 2.00 e. The molecule has 0 amide bonds. The van der Waals surface area contributed by atoms with Gasteiger partial charge in [0, 0.05) is 0 Å². The van der Waals surface area contributed by atoms with Gasteiger partial charge in [0.1, 0.15) is 0 Å². The molecule has 0 N–H and O–H groups in total. The van der Waals surface area contributed by atoms with Crippen LogP contribution in [0, 0.1) is 0 Å². The molecule has 7 heteroatoms. The Bertz CT molecular complexity index is 57.8.